The van der Waals surface area contributed by atoms with Crippen LogP contribution in [0.15, 0.2) is 72.8 Å². The molecule has 0 saturated heterocycles. The Labute approximate surface area is 179 Å². The van der Waals surface area contributed by atoms with Crippen molar-refractivity contribution in [3.05, 3.63) is 89.5 Å². The molecule has 0 saturated carbocycles. The Morgan fingerprint density at radius 1 is 0.903 bits per heavy atom. The normalized spacial score (nSPS) is 11.6. The lowest BCUT2D eigenvalue weighted by Crippen LogP contribution is -2.28. The van der Waals surface area contributed by atoms with E-state index < -0.39 is 11.9 Å². The van der Waals surface area contributed by atoms with Gasteiger partial charge in [0.05, 0.1) is 5.56 Å². The zero-order chi connectivity index (χ0) is 21.5. The summed E-state index contributed by atoms with van der Waals surface area (Å²) in [6, 6.07) is 21.7. The number of hydrogen-bond acceptors (Lipinski definition) is 6. The number of para-hydroxylation sites is 1. The third kappa shape index (κ3) is 5.33. The lowest BCUT2D eigenvalue weighted by Gasteiger charge is -2.11. The van der Waals surface area contributed by atoms with E-state index in [0.29, 0.717) is 28.4 Å². The summed E-state index contributed by atoms with van der Waals surface area (Å²) in [7, 11) is 0. The molecule has 0 unspecified atom stereocenters. The minimum Gasteiger partial charge on any atom is -0.489 e. The first-order chi connectivity index (χ1) is 15.2. The topological polar surface area (TPSA) is 83.1 Å². The molecule has 4 rings (SSSR count). The third-order valence-electron chi connectivity index (χ3n) is 4.64. The van der Waals surface area contributed by atoms with E-state index >= 15 is 0 Å². The van der Waals surface area contributed by atoms with E-state index in [-0.39, 0.29) is 26.6 Å². The zero-order valence-electron chi connectivity index (χ0n) is 16.7. The number of hydrogen-bond donors (Lipinski definition) is 1. The van der Waals surface area contributed by atoms with Crippen molar-refractivity contribution in [2.24, 2.45) is 0 Å². The summed E-state index contributed by atoms with van der Waals surface area (Å²) in [6.07, 6.45) is 0. The first-order valence-corrected chi connectivity index (χ1v) is 9.77. The predicted molar refractivity (Wildman–Crippen MR) is 112 cm³/mol. The van der Waals surface area contributed by atoms with Crippen LogP contribution in [0.3, 0.4) is 0 Å². The minimum absolute atomic E-state index is 0.193. The maximum Gasteiger partial charge on any atom is 0.339 e. The fourth-order valence-corrected chi connectivity index (χ4v) is 3.03. The van der Waals surface area contributed by atoms with Crippen LogP contribution >= 0.6 is 0 Å². The number of carbonyl (C=O) groups is 2. The summed E-state index contributed by atoms with van der Waals surface area (Å²) in [4.78, 5) is 24.6. The molecule has 0 atom stereocenters. The zero-order valence-corrected chi connectivity index (χ0v) is 16.7. The van der Waals surface area contributed by atoms with Crippen molar-refractivity contribution in [3.8, 4) is 17.2 Å². The molecule has 3 aromatic rings. The molecule has 0 aromatic heterocycles. The van der Waals surface area contributed by atoms with E-state index in [0.717, 1.165) is 5.56 Å². The molecular weight excluding hydrogens is 398 g/mol. The Morgan fingerprint density at radius 2 is 1.68 bits per heavy atom. The standard InChI is InChI=1S/C24H21NO6/c26-23(25-13-17-10-11-21-22(12-17)31-16-30-21)15-29-24(27)20-9-5-4-6-18(20)14-28-19-7-2-1-3-8-19/h1-12H,13-16H2,(H,25,26). The molecule has 1 amide bonds. The molecule has 1 aliphatic rings. The van der Waals surface area contributed by atoms with Crippen LogP contribution in [0.1, 0.15) is 21.5 Å². The number of nitrogens with one attached hydrogen (secondary N) is 1. The van der Waals surface area contributed by atoms with E-state index in [1.54, 1.807) is 30.3 Å². The summed E-state index contributed by atoms with van der Waals surface area (Å²) in [6.45, 7) is 0.316. The second-order valence-corrected chi connectivity index (χ2v) is 6.80. The Hall–Kier alpha value is -4.00. The molecule has 7 nitrogen and oxygen atoms in total. The molecule has 158 valence electrons. The van der Waals surface area contributed by atoms with Crippen molar-refractivity contribution >= 4 is 11.9 Å². The molecule has 0 bridgehead atoms. The first-order valence-electron chi connectivity index (χ1n) is 9.77. The van der Waals surface area contributed by atoms with Gasteiger partial charge in [0.1, 0.15) is 12.4 Å². The van der Waals surface area contributed by atoms with Crippen LogP contribution in [0.4, 0.5) is 0 Å². The molecule has 7 heteroatoms. The van der Waals surface area contributed by atoms with E-state index in [1.807, 2.05) is 42.5 Å². The highest BCUT2D eigenvalue weighted by molar-refractivity contribution is 5.92. The Bertz CT molecular complexity index is 1070. The number of ether oxygens (including phenoxy) is 4. The lowest BCUT2D eigenvalue weighted by molar-refractivity contribution is -0.124. The average molecular weight is 419 g/mol. The summed E-state index contributed by atoms with van der Waals surface area (Å²) < 4.78 is 21.5. The highest BCUT2D eigenvalue weighted by Crippen LogP contribution is 2.32. The number of benzene rings is 3. The summed E-state index contributed by atoms with van der Waals surface area (Å²) in [5.41, 5.74) is 1.89. The number of esters is 1. The number of carbonyl (C=O) groups excluding carboxylic acids is 2. The maximum atomic E-state index is 12.5. The van der Waals surface area contributed by atoms with Crippen LogP contribution in [0, 0.1) is 0 Å². The first kappa shape index (κ1) is 20.3. The van der Waals surface area contributed by atoms with E-state index in [1.165, 1.54) is 0 Å². The van der Waals surface area contributed by atoms with Crippen molar-refractivity contribution in [1.29, 1.82) is 0 Å². The largest absolute Gasteiger partial charge is 0.489 e. The monoisotopic (exact) mass is 419 g/mol. The number of fused-ring (bicyclic) bond motifs is 1. The average Bonchev–Trinajstić information content (AvgIpc) is 3.28. The minimum atomic E-state index is -0.578. The summed E-state index contributed by atoms with van der Waals surface area (Å²) >= 11 is 0. The van der Waals surface area contributed by atoms with Crippen molar-refractivity contribution in [2.45, 2.75) is 13.2 Å². The van der Waals surface area contributed by atoms with Gasteiger partial charge in [-0.05, 0) is 35.9 Å². The van der Waals surface area contributed by atoms with Gasteiger partial charge in [0.15, 0.2) is 18.1 Å². The van der Waals surface area contributed by atoms with Crippen molar-refractivity contribution in [1.82, 2.24) is 5.32 Å². The van der Waals surface area contributed by atoms with Gasteiger partial charge >= 0.3 is 5.97 Å². The number of amides is 1. The van der Waals surface area contributed by atoms with Crippen molar-refractivity contribution < 1.29 is 28.5 Å². The summed E-state index contributed by atoms with van der Waals surface area (Å²) in [5.74, 6) is 1.05. The van der Waals surface area contributed by atoms with E-state index in [9.17, 15) is 9.59 Å². The van der Waals surface area contributed by atoms with Gasteiger partial charge in [-0.25, -0.2) is 4.79 Å². The summed E-state index contributed by atoms with van der Waals surface area (Å²) in [5, 5.41) is 2.72. The third-order valence-corrected chi connectivity index (χ3v) is 4.64. The van der Waals surface area contributed by atoms with Gasteiger partial charge in [-0.2, -0.15) is 0 Å². The molecule has 1 N–H and O–H groups in total. The fraction of sp³-hybridized carbons (Fsp3) is 0.167. The lowest BCUT2D eigenvalue weighted by atomic mass is 10.1. The predicted octanol–water partition coefficient (Wildman–Crippen LogP) is 3.47. The highest BCUT2D eigenvalue weighted by atomic mass is 16.7. The quantitative estimate of drug-likeness (QED) is 0.563. The van der Waals surface area contributed by atoms with Gasteiger partial charge in [0, 0.05) is 12.1 Å². The molecule has 0 radical (unpaired) electrons. The van der Waals surface area contributed by atoms with Crippen LogP contribution < -0.4 is 19.5 Å². The van der Waals surface area contributed by atoms with Crippen LogP contribution in [0.2, 0.25) is 0 Å². The van der Waals surface area contributed by atoms with Gasteiger partial charge in [-0.3, -0.25) is 4.79 Å². The van der Waals surface area contributed by atoms with E-state index in [2.05, 4.69) is 5.32 Å². The van der Waals surface area contributed by atoms with Gasteiger partial charge in [-0.15, -0.1) is 0 Å². The highest BCUT2D eigenvalue weighted by Gasteiger charge is 2.16. The van der Waals surface area contributed by atoms with Crippen molar-refractivity contribution in [2.75, 3.05) is 13.4 Å². The molecule has 31 heavy (non-hydrogen) atoms. The van der Waals surface area contributed by atoms with Crippen LogP contribution in [-0.4, -0.2) is 25.3 Å². The van der Waals surface area contributed by atoms with Gasteiger partial charge in [0.2, 0.25) is 6.79 Å². The Morgan fingerprint density at radius 3 is 2.55 bits per heavy atom. The molecule has 0 aliphatic carbocycles. The fourth-order valence-electron chi connectivity index (χ4n) is 3.03. The second kappa shape index (κ2) is 9.67. The van der Waals surface area contributed by atoms with Crippen LogP contribution in [0.25, 0.3) is 0 Å². The molecule has 1 aliphatic heterocycles. The maximum absolute atomic E-state index is 12.5. The van der Waals surface area contributed by atoms with Crippen LogP contribution in [-0.2, 0) is 22.7 Å². The molecule has 0 spiro atoms. The van der Waals surface area contributed by atoms with E-state index in [4.69, 9.17) is 18.9 Å². The van der Waals surface area contributed by atoms with Gasteiger partial charge in [-0.1, -0.05) is 42.5 Å². The molecular formula is C24H21NO6. The molecule has 3 aromatic carbocycles. The van der Waals surface area contributed by atoms with Crippen molar-refractivity contribution in [3.63, 3.8) is 0 Å². The number of rotatable bonds is 8. The second-order valence-electron chi connectivity index (χ2n) is 6.80. The molecule has 0 fully saturated rings. The van der Waals surface area contributed by atoms with Crippen LogP contribution in [0.5, 0.6) is 17.2 Å². The molecule has 1 heterocycles. The van der Waals surface area contributed by atoms with Gasteiger partial charge < -0.3 is 24.3 Å². The Balaban J connectivity index is 1.28. The van der Waals surface area contributed by atoms with Gasteiger partial charge in [0.25, 0.3) is 5.91 Å². The SMILES string of the molecule is O=C(COC(=O)c1ccccc1COc1ccccc1)NCc1ccc2c(c1)OCO2. The smallest absolute Gasteiger partial charge is 0.339 e. The Kier molecular flexibility index (Phi) is 6.32.